The highest BCUT2D eigenvalue weighted by Gasteiger charge is 2.18. The predicted octanol–water partition coefficient (Wildman–Crippen LogP) is 2.41. The Morgan fingerprint density at radius 2 is 1.89 bits per heavy atom. The Bertz CT molecular complexity index is 570. The third kappa shape index (κ3) is 2.07. The van der Waals surface area contributed by atoms with Crippen molar-refractivity contribution in [2.75, 3.05) is 19.0 Å². The van der Waals surface area contributed by atoms with Gasteiger partial charge in [0.25, 0.3) is 0 Å². The van der Waals surface area contributed by atoms with E-state index < -0.39 is 5.97 Å². The number of hydrogen-bond acceptors (Lipinski definition) is 4. The Labute approximate surface area is 105 Å². The molecule has 0 bridgehead atoms. The Morgan fingerprint density at radius 1 is 1.28 bits per heavy atom. The Morgan fingerprint density at radius 3 is 2.33 bits per heavy atom. The number of carbonyl (C=O) groups is 1. The van der Waals surface area contributed by atoms with Crippen LogP contribution in [0.1, 0.15) is 16.1 Å². The third-order valence-electron chi connectivity index (χ3n) is 2.77. The van der Waals surface area contributed by atoms with E-state index in [1.165, 1.54) is 0 Å². The van der Waals surface area contributed by atoms with Gasteiger partial charge in [-0.15, -0.1) is 0 Å². The molecule has 0 aliphatic carbocycles. The van der Waals surface area contributed by atoms with Gasteiger partial charge in [0.15, 0.2) is 11.5 Å². The smallest absolute Gasteiger partial charge is 0.358 e. The summed E-state index contributed by atoms with van der Waals surface area (Å²) in [6.07, 6.45) is 0. The van der Waals surface area contributed by atoms with Crippen molar-refractivity contribution < 1.29 is 14.4 Å². The topological polar surface area (TPSA) is 66.6 Å². The van der Waals surface area contributed by atoms with Gasteiger partial charge in [0.1, 0.15) is 0 Å². The van der Waals surface area contributed by atoms with Crippen LogP contribution < -0.4 is 4.90 Å². The van der Waals surface area contributed by atoms with Crippen molar-refractivity contribution in [3.63, 3.8) is 0 Å². The first kappa shape index (κ1) is 12.2. The fourth-order valence-electron chi connectivity index (χ4n) is 1.72. The maximum absolute atomic E-state index is 10.9. The van der Waals surface area contributed by atoms with E-state index in [1.807, 2.05) is 43.3 Å². The van der Waals surface area contributed by atoms with Crippen LogP contribution in [0.25, 0.3) is 11.3 Å². The molecule has 0 spiro atoms. The molecule has 0 radical (unpaired) electrons. The second-order valence-electron chi connectivity index (χ2n) is 4.23. The summed E-state index contributed by atoms with van der Waals surface area (Å²) in [5.74, 6) is -0.579. The van der Waals surface area contributed by atoms with E-state index in [4.69, 9.17) is 9.63 Å². The quantitative estimate of drug-likeness (QED) is 0.900. The van der Waals surface area contributed by atoms with Crippen LogP contribution in [-0.2, 0) is 0 Å². The van der Waals surface area contributed by atoms with Crippen LogP contribution in [0.15, 0.2) is 28.8 Å². The second kappa shape index (κ2) is 4.52. The van der Waals surface area contributed by atoms with Gasteiger partial charge < -0.3 is 14.5 Å². The lowest BCUT2D eigenvalue weighted by molar-refractivity contribution is 0.0685. The van der Waals surface area contributed by atoms with Gasteiger partial charge >= 0.3 is 5.97 Å². The summed E-state index contributed by atoms with van der Waals surface area (Å²) in [6, 6.07) is 7.65. The molecule has 0 unspecified atom stereocenters. The summed E-state index contributed by atoms with van der Waals surface area (Å²) in [5.41, 5.74) is 2.38. The summed E-state index contributed by atoms with van der Waals surface area (Å²) in [5, 5.41) is 12.5. The summed E-state index contributed by atoms with van der Waals surface area (Å²) in [4.78, 5) is 12.9. The summed E-state index contributed by atoms with van der Waals surface area (Å²) in [6.45, 7) is 1.69. The van der Waals surface area contributed by atoms with Gasteiger partial charge in [-0.3, -0.25) is 0 Å². The molecule has 1 aromatic heterocycles. The van der Waals surface area contributed by atoms with E-state index in [2.05, 4.69) is 5.16 Å². The van der Waals surface area contributed by atoms with Crippen molar-refractivity contribution in [1.29, 1.82) is 0 Å². The molecule has 2 aromatic rings. The maximum atomic E-state index is 10.9. The molecule has 0 aliphatic rings. The molecule has 0 atom stereocenters. The van der Waals surface area contributed by atoms with Crippen molar-refractivity contribution in [3.8, 4) is 11.3 Å². The monoisotopic (exact) mass is 246 g/mol. The van der Waals surface area contributed by atoms with Crippen LogP contribution in [-0.4, -0.2) is 30.3 Å². The first-order valence-corrected chi connectivity index (χ1v) is 5.48. The zero-order chi connectivity index (χ0) is 13.3. The van der Waals surface area contributed by atoms with Crippen molar-refractivity contribution in [2.45, 2.75) is 6.92 Å². The molecule has 0 fully saturated rings. The normalized spacial score (nSPS) is 10.4. The molecule has 94 valence electrons. The first-order valence-electron chi connectivity index (χ1n) is 5.48. The lowest BCUT2D eigenvalue weighted by atomic mass is 10.1. The minimum atomic E-state index is -1.08. The van der Waals surface area contributed by atoms with E-state index >= 15 is 0 Å². The molecule has 0 aliphatic heterocycles. The fraction of sp³-hybridized carbons (Fsp3) is 0.231. The van der Waals surface area contributed by atoms with E-state index in [0.717, 1.165) is 11.3 Å². The van der Waals surface area contributed by atoms with Gasteiger partial charge in [-0.05, 0) is 31.2 Å². The van der Waals surface area contributed by atoms with Crippen molar-refractivity contribution in [1.82, 2.24) is 5.16 Å². The Balaban J connectivity index is 2.40. The zero-order valence-corrected chi connectivity index (χ0v) is 10.5. The van der Waals surface area contributed by atoms with Crippen LogP contribution in [0.4, 0.5) is 5.69 Å². The van der Waals surface area contributed by atoms with Crippen LogP contribution >= 0.6 is 0 Å². The third-order valence-corrected chi connectivity index (χ3v) is 2.77. The standard InChI is InChI=1S/C13H14N2O3/c1-8-11(13(16)17)14-18-12(8)9-4-6-10(7-5-9)15(2)3/h4-7H,1-3H3,(H,16,17). The van der Waals surface area contributed by atoms with Gasteiger partial charge in [0.2, 0.25) is 0 Å². The number of carboxylic acid groups (broad SMARTS) is 1. The maximum Gasteiger partial charge on any atom is 0.358 e. The number of anilines is 1. The Hall–Kier alpha value is -2.30. The number of carboxylic acids is 1. The molecule has 0 amide bonds. The van der Waals surface area contributed by atoms with E-state index in [1.54, 1.807) is 6.92 Å². The number of nitrogens with zero attached hydrogens (tertiary/aromatic N) is 2. The fourth-order valence-corrected chi connectivity index (χ4v) is 1.72. The largest absolute Gasteiger partial charge is 0.476 e. The van der Waals surface area contributed by atoms with E-state index in [-0.39, 0.29) is 5.69 Å². The van der Waals surface area contributed by atoms with E-state index in [0.29, 0.717) is 11.3 Å². The summed E-state index contributed by atoms with van der Waals surface area (Å²) >= 11 is 0. The molecule has 0 saturated heterocycles. The van der Waals surface area contributed by atoms with Crippen LogP contribution in [0, 0.1) is 6.92 Å². The van der Waals surface area contributed by atoms with Crippen molar-refractivity contribution in [2.24, 2.45) is 0 Å². The minimum absolute atomic E-state index is 0.0401. The van der Waals surface area contributed by atoms with Gasteiger partial charge in [-0.1, -0.05) is 5.16 Å². The SMILES string of the molecule is Cc1c(C(=O)O)noc1-c1ccc(N(C)C)cc1. The van der Waals surface area contributed by atoms with Crippen molar-refractivity contribution >= 4 is 11.7 Å². The van der Waals surface area contributed by atoms with Crippen molar-refractivity contribution in [3.05, 3.63) is 35.5 Å². The van der Waals surface area contributed by atoms with Gasteiger partial charge in [0, 0.05) is 30.9 Å². The molecule has 1 heterocycles. The second-order valence-corrected chi connectivity index (χ2v) is 4.23. The highest BCUT2D eigenvalue weighted by Crippen LogP contribution is 2.27. The average molecular weight is 246 g/mol. The molecule has 18 heavy (non-hydrogen) atoms. The van der Waals surface area contributed by atoms with E-state index in [9.17, 15) is 4.79 Å². The van der Waals surface area contributed by atoms with Gasteiger partial charge in [-0.2, -0.15) is 0 Å². The van der Waals surface area contributed by atoms with Crippen LogP contribution in [0.2, 0.25) is 0 Å². The van der Waals surface area contributed by atoms with Crippen LogP contribution in [0.3, 0.4) is 0 Å². The van der Waals surface area contributed by atoms with Gasteiger partial charge in [0.05, 0.1) is 0 Å². The number of rotatable bonds is 3. The lowest BCUT2D eigenvalue weighted by Crippen LogP contribution is -2.07. The Kier molecular flexibility index (Phi) is 3.06. The number of aromatic nitrogens is 1. The molecule has 1 N–H and O–H groups in total. The molecule has 5 heteroatoms. The zero-order valence-electron chi connectivity index (χ0n) is 10.5. The molecule has 0 saturated carbocycles. The minimum Gasteiger partial charge on any atom is -0.476 e. The predicted molar refractivity (Wildman–Crippen MR) is 68.0 cm³/mol. The average Bonchev–Trinajstić information content (AvgIpc) is 2.71. The molecule has 2 rings (SSSR count). The number of hydrogen-bond donors (Lipinski definition) is 1. The van der Waals surface area contributed by atoms with Crippen LogP contribution in [0.5, 0.6) is 0 Å². The highest BCUT2D eigenvalue weighted by molar-refractivity contribution is 5.89. The number of benzene rings is 1. The summed E-state index contributed by atoms with van der Waals surface area (Å²) in [7, 11) is 3.91. The molecule has 5 nitrogen and oxygen atoms in total. The highest BCUT2D eigenvalue weighted by atomic mass is 16.5. The lowest BCUT2D eigenvalue weighted by Gasteiger charge is -2.12. The molecular weight excluding hydrogens is 232 g/mol. The molecular formula is C13H14N2O3. The molecule has 1 aromatic carbocycles. The first-order chi connectivity index (χ1) is 8.50. The summed E-state index contributed by atoms with van der Waals surface area (Å²) < 4.78 is 5.10. The van der Waals surface area contributed by atoms with Gasteiger partial charge in [-0.25, -0.2) is 4.79 Å². The number of aromatic carboxylic acids is 1.